The van der Waals surface area contributed by atoms with E-state index >= 15 is 0 Å². The van der Waals surface area contributed by atoms with E-state index in [9.17, 15) is 8.78 Å². The van der Waals surface area contributed by atoms with Gasteiger partial charge in [0.2, 0.25) is 0 Å². The van der Waals surface area contributed by atoms with Crippen molar-refractivity contribution in [2.45, 2.75) is 27.0 Å². The Kier molecular flexibility index (Phi) is 6.81. The van der Waals surface area contributed by atoms with Gasteiger partial charge in [0.15, 0.2) is 5.96 Å². The highest BCUT2D eigenvalue weighted by Gasteiger charge is 2.33. The normalized spacial score (nSPS) is 16.3. The Morgan fingerprint density at radius 3 is 2.68 bits per heavy atom. The minimum absolute atomic E-state index is 0.0924. The van der Waals surface area contributed by atoms with Gasteiger partial charge in [-0.1, -0.05) is 6.92 Å². The number of alkyl halides is 2. The van der Waals surface area contributed by atoms with E-state index in [1.54, 1.807) is 12.1 Å². The van der Waals surface area contributed by atoms with E-state index in [2.05, 4.69) is 27.3 Å². The summed E-state index contributed by atoms with van der Waals surface area (Å²) in [4.78, 5) is 4.46. The second-order valence-corrected chi connectivity index (χ2v) is 6.20. The van der Waals surface area contributed by atoms with E-state index in [1.165, 1.54) is 13.2 Å². The van der Waals surface area contributed by atoms with Gasteiger partial charge in [0.1, 0.15) is 11.5 Å². The molecule has 0 saturated carbocycles. The van der Waals surface area contributed by atoms with Crippen LogP contribution in [0.2, 0.25) is 0 Å². The van der Waals surface area contributed by atoms with Crippen LogP contribution in [0.3, 0.4) is 0 Å². The summed E-state index contributed by atoms with van der Waals surface area (Å²) in [5, 5.41) is 6.40. The number of rotatable bonds is 8. The first-order chi connectivity index (χ1) is 12.0. The number of guanidine groups is 1. The van der Waals surface area contributed by atoms with Crippen LogP contribution in [-0.2, 0) is 11.3 Å². The molecular weight excluding hydrogens is 332 g/mol. The van der Waals surface area contributed by atoms with Gasteiger partial charge >= 0.3 is 6.61 Å². The molecule has 1 saturated heterocycles. The van der Waals surface area contributed by atoms with Crippen LogP contribution in [0.25, 0.3) is 0 Å². The number of methoxy groups -OCH3 is 1. The number of hydrogen-bond acceptors (Lipinski definition) is 4. The van der Waals surface area contributed by atoms with Crippen LogP contribution in [0, 0.1) is 5.41 Å². The molecule has 8 heteroatoms. The van der Waals surface area contributed by atoms with Gasteiger partial charge in [-0.25, -0.2) is 4.99 Å². The molecule has 0 amide bonds. The predicted octanol–water partition coefficient (Wildman–Crippen LogP) is 2.39. The summed E-state index contributed by atoms with van der Waals surface area (Å²) in [6.07, 6.45) is 0. The smallest absolute Gasteiger partial charge is 0.387 e. The molecular formula is C17H25F2N3O3. The van der Waals surface area contributed by atoms with E-state index in [-0.39, 0.29) is 17.7 Å². The zero-order valence-electron chi connectivity index (χ0n) is 14.8. The third kappa shape index (κ3) is 5.74. The quantitative estimate of drug-likeness (QED) is 0.552. The Hall–Kier alpha value is -2.09. The van der Waals surface area contributed by atoms with Gasteiger partial charge < -0.3 is 24.8 Å². The maximum atomic E-state index is 12.6. The largest absolute Gasteiger partial charge is 0.497 e. The minimum atomic E-state index is -2.89. The highest BCUT2D eigenvalue weighted by atomic mass is 19.3. The highest BCUT2D eigenvalue weighted by molar-refractivity contribution is 5.79. The fourth-order valence-electron chi connectivity index (χ4n) is 2.37. The van der Waals surface area contributed by atoms with Crippen molar-refractivity contribution >= 4 is 5.96 Å². The Balaban J connectivity index is 2.08. The first-order valence-electron chi connectivity index (χ1n) is 8.17. The molecule has 0 aromatic heterocycles. The molecule has 2 rings (SSSR count). The summed E-state index contributed by atoms with van der Waals surface area (Å²) in [5.41, 5.74) is 0.617. The van der Waals surface area contributed by atoms with Crippen LogP contribution in [0.5, 0.6) is 11.5 Å². The third-order valence-corrected chi connectivity index (χ3v) is 3.82. The molecule has 0 spiro atoms. The average molecular weight is 357 g/mol. The first kappa shape index (κ1) is 19.2. The Morgan fingerprint density at radius 1 is 1.36 bits per heavy atom. The van der Waals surface area contributed by atoms with Gasteiger partial charge in [0.25, 0.3) is 0 Å². The summed E-state index contributed by atoms with van der Waals surface area (Å²) in [5.74, 6) is 1.26. The minimum Gasteiger partial charge on any atom is -0.497 e. The van der Waals surface area contributed by atoms with E-state index < -0.39 is 6.61 Å². The lowest BCUT2D eigenvalue weighted by molar-refractivity contribution is -0.0971. The summed E-state index contributed by atoms with van der Waals surface area (Å²) in [6.45, 7) is 4.22. The number of hydrogen-bond donors (Lipinski definition) is 2. The van der Waals surface area contributed by atoms with E-state index in [4.69, 9.17) is 9.47 Å². The van der Waals surface area contributed by atoms with Crippen LogP contribution >= 0.6 is 0 Å². The van der Waals surface area contributed by atoms with Gasteiger partial charge in [-0.05, 0) is 25.1 Å². The SMILES string of the molecule is CCNC(=NCc1cc(OC)ccc1OC(F)F)NCC1(C)COC1. The van der Waals surface area contributed by atoms with Gasteiger partial charge in [-0.15, -0.1) is 0 Å². The van der Waals surface area contributed by atoms with Crippen molar-refractivity contribution in [2.75, 3.05) is 33.4 Å². The topological polar surface area (TPSA) is 64.1 Å². The van der Waals surface area contributed by atoms with Gasteiger partial charge in [0.05, 0.1) is 26.9 Å². The molecule has 0 radical (unpaired) electrons. The molecule has 0 bridgehead atoms. The Bertz CT molecular complexity index is 593. The molecule has 0 atom stereocenters. The average Bonchev–Trinajstić information content (AvgIpc) is 2.56. The van der Waals surface area contributed by atoms with Crippen LogP contribution in [0.15, 0.2) is 23.2 Å². The van der Waals surface area contributed by atoms with Crippen LogP contribution in [0.1, 0.15) is 19.4 Å². The number of ether oxygens (including phenoxy) is 3. The maximum Gasteiger partial charge on any atom is 0.387 e. The molecule has 140 valence electrons. The summed E-state index contributed by atoms with van der Waals surface area (Å²) in [7, 11) is 1.52. The van der Waals surface area contributed by atoms with Crippen LogP contribution in [0.4, 0.5) is 8.78 Å². The number of nitrogens with zero attached hydrogens (tertiary/aromatic N) is 1. The molecule has 1 aliphatic rings. The molecule has 1 aliphatic heterocycles. The van der Waals surface area contributed by atoms with E-state index in [1.807, 2.05) is 6.92 Å². The van der Waals surface area contributed by atoms with Gasteiger partial charge in [-0.3, -0.25) is 0 Å². The molecule has 1 aromatic carbocycles. The molecule has 0 aliphatic carbocycles. The summed E-state index contributed by atoms with van der Waals surface area (Å²) < 4.78 is 40.1. The predicted molar refractivity (Wildman–Crippen MR) is 91.4 cm³/mol. The molecule has 1 heterocycles. The van der Waals surface area contributed by atoms with E-state index in [0.717, 1.165) is 6.54 Å². The molecule has 1 aromatic rings. The van der Waals surface area contributed by atoms with Crippen molar-refractivity contribution in [1.29, 1.82) is 0 Å². The summed E-state index contributed by atoms with van der Waals surface area (Å²) >= 11 is 0. The first-order valence-corrected chi connectivity index (χ1v) is 8.17. The second-order valence-electron chi connectivity index (χ2n) is 6.20. The van der Waals surface area contributed by atoms with Crippen molar-refractivity contribution in [3.05, 3.63) is 23.8 Å². The molecule has 1 fully saturated rings. The van der Waals surface area contributed by atoms with Gasteiger partial charge in [0, 0.05) is 24.1 Å². The Labute approximate surface area is 146 Å². The maximum absolute atomic E-state index is 12.6. The molecule has 6 nitrogen and oxygen atoms in total. The number of nitrogens with one attached hydrogen (secondary N) is 2. The lowest BCUT2D eigenvalue weighted by atomic mass is 9.89. The highest BCUT2D eigenvalue weighted by Crippen LogP contribution is 2.27. The second kappa shape index (κ2) is 8.84. The Morgan fingerprint density at radius 2 is 2.12 bits per heavy atom. The fourth-order valence-corrected chi connectivity index (χ4v) is 2.37. The monoisotopic (exact) mass is 357 g/mol. The third-order valence-electron chi connectivity index (χ3n) is 3.82. The zero-order valence-corrected chi connectivity index (χ0v) is 14.8. The van der Waals surface area contributed by atoms with Crippen molar-refractivity contribution < 1.29 is 23.0 Å². The van der Waals surface area contributed by atoms with Crippen LogP contribution < -0.4 is 20.1 Å². The molecule has 2 N–H and O–H groups in total. The van der Waals surface area contributed by atoms with Crippen molar-refractivity contribution in [1.82, 2.24) is 10.6 Å². The van der Waals surface area contributed by atoms with Crippen LogP contribution in [-0.4, -0.2) is 46.0 Å². The fraction of sp³-hybridized carbons (Fsp3) is 0.588. The van der Waals surface area contributed by atoms with Crippen molar-refractivity contribution in [3.63, 3.8) is 0 Å². The zero-order chi connectivity index (χ0) is 18.3. The number of aliphatic imine (C=N–C) groups is 1. The van der Waals surface area contributed by atoms with E-state index in [0.29, 0.717) is 37.0 Å². The van der Waals surface area contributed by atoms with Crippen molar-refractivity contribution in [2.24, 2.45) is 10.4 Å². The molecule has 0 unspecified atom stereocenters. The standard InChI is InChI=1S/C17H25F2N3O3/c1-4-20-16(22-9-17(2)10-24-11-17)21-8-12-7-13(23-3)5-6-14(12)25-15(18)19/h5-7,15H,4,8-11H2,1-3H3,(H2,20,21,22). The lowest BCUT2D eigenvalue weighted by Gasteiger charge is -2.38. The number of benzene rings is 1. The van der Waals surface area contributed by atoms with Crippen molar-refractivity contribution in [3.8, 4) is 11.5 Å². The lowest BCUT2D eigenvalue weighted by Crippen LogP contribution is -2.51. The summed E-state index contributed by atoms with van der Waals surface area (Å²) in [6, 6.07) is 4.68. The van der Waals surface area contributed by atoms with Gasteiger partial charge in [-0.2, -0.15) is 8.78 Å². The molecule has 25 heavy (non-hydrogen) atoms. The number of halogens is 2.